The summed E-state index contributed by atoms with van der Waals surface area (Å²) >= 11 is 0. The van der Waals surface area contributed by atoms with Gasteiger partial charge in [0, 0.05) is 31.5 Å². The number of fused-ring (bicyclic) bond motifs is 4. The zero-order chi connectivity index (χ0) is 30.0. The number of phenols is 1. The van der Waals surface area contributed by atoms with Crippen LogP contribution in [0.25, 0.3) is 10.8 Å². The monoisotopic (exact) mass is 565 g/mol. The lowest BCUT2D eigenvalue weighted by Gasteiger charge is -2.52. The van der Waals surface area contributed by atoms with Gasteiger partial charge in [-0.25, -0.2) is 0 Å². The molecule has 0 heterocycles. The summed E-state index contributed by atoms with van der Waals surface area (Å²) in [5.41, 5.74) is 4.10. The van der Waals surface area contributed by atoms with Gasteiger partial charge in [-0.15, -0.1) is 0 Å². The molecule has 2 unspecified atom stereocenters. The molecule has 4 N–H and O–H groups in total. The maximum atomic E-state index is 14.0. The largest absolute Gasteiger partial charge is 0.507 e. The SMILES string of the molecule is COCCN(C)Cc1ccc2cc3c(c(O)c2c1)C(=O)C1C(=O)[C@]2(O)C(=O)C(C(N)=O)C(=O)[C@@H](N(C)C)[C@@H]2C[C@@H]1C3. The van der Waals surface area contributed by atoms with Crippen LogP contribution in [0.3, 0.4) is 0 Å². The highest BCUT2D eigenvalue weighted by Gasteiger charge is 2.69. The van der Waals surface area contributed by atoms with E-state index in [0.29, 0.717) is 30.6 Å². The molecule has 0 aliphatic heterocycles. The summed E-state index contributed by atoms with van der Waals surface area (Å²) in [6, 6.07) is 6.33. The number of likely N-dealkylation sites (N-methyl/N-ethyl adjacent to an activating group) is 2. The third kappa shape index (κ3) is 4.39. The molecule has 3 aliphatic rings. The lowest BCUT2D eigenvalue weighted by Crippen LogP contribution is -2.74. The van der Waals surface area contributed by atoms with Gasteiger partial charge in [-0.2, -0.15) is 0 Å². The summed E-state index contributed by atoms with van der Waals surface area (Å²) in [7, 11) is 6.68. The van der Waals surface area contributed by atoms with Crippen molar-refractivity contribution in [3.8, 4) is 5.75 Å². The van der Waals surface area contributed by atoms with Crippen LogP contribution < -0.4 is 5.73 Å². The number of hydrogen-bond donors (Lipinski definition) is 3. The van der Waals surface area contributed by atoms with Gasteiger partial charge in [0.05, 0.1) is 24.1 Å². The van der Waals surface area contributed by atoms with E-state index in [9.17, 15) is 34.2 Å². The first-order valence-corrected chi connectivity index (χ1v) is 13.6. The second kappa shape index (κ2) is 10.4. The molecule has 1 amide bonds. The van der Waals surface area contributed by atoms with Crippen molar-refractivity contribution >= 4 is 39.8 Å². The van der Waals surface area contributed by atoms with Gasteiger partial charge >= 0.3 is 0 Å². The van der Waals surface area contributed by atoms with E-state index >= 15 is 0 Å². The Morgan fingerprint density at radius 2 is 1.83 bits per heavy atom. The van der Waals surface area contributed by atoms with Gasteiger partial charge < -0.3 is 20.7 Å². The van der Waals surface area contributed by atoms with Gasteiger partial charge in [0.1, 0.15) is 5.75 Å². The molecule has 2 saturated carbocycles. The number of aliphatic hydroxyl groups is 1. The fraction of sp³-hybridized carbons (Fsp3) is 0.500. The molecule has 0 saturated heterocycles. The average Bonchev–Trinajstić information content (AvgIpc) is 2.89. The first kappa shape index (κ1) is 29.0. The number of Topliss-reactive ketones (excluding diaryl/α,β-unsaturated/α-hetero) is 4. The second-order valence-corrected chi connectivity index (χ2v) is 11.8. The van der Waals surface area contributed by atoms with Crippen LogP contribution in [-0.4, -0.2) is 102 Å². The van der Waals surface area contributed by atoms with Gasteiger partial charge in [0.25, 0.3) is 0 Å². The first-order chi connectivity index (χ1) is 19.3. The minimum atomic E-state index is -2.73. The molecule has 2 aromatic carbocycles. The van der Waals surface area contributed by atoms with E-state index in [0.717, 1.165) is 10.9 Å². The highest BCUT2D eigenvalue weighted by atomic mass is 16.5. The molecule has 2 fully saturated rings. The van der Waals surface area contributed by atoms with Crippen LogP contribution in [0.5, 0.6) is 5.75 Å². The van der Waals surface area contributed by atoms with E-state index in [-0.39, 0.29) is 24.2 Å². The predicted octanol–water partition coefficient (Wildman–Crippen LogP) is 0.0984. The number of methoxy groups -OCH3 is 1. The molecular weight excluding hydrogens is 530 g/mol. The van der Waals surface area contributed by atoms with E-state index in [1.165, 1.54) is 4.90 Å². The molecule has 6 atom stereocenters. The Labute approximate surface area is 237 Å². The predicted molar refractivity (Wildman–Crippen MR) is 147 cm³/mol. The number of amides is 1. The number of primary amides is 1. The zero-order valence-corrected chi connectivity index (χ0v) is 23.5. The van der Waals surface area contributed by atoms with Crippen molar-refractivity contribution in [2.75, 3.05) is 41.4 Å². The van der Waals surface area contributed by atoms with Crippen LogP contribution in [0.1, 0.15) is 27.9 Å². The number of ether oxygens (including phenoxy) is 1. The Morgan fingerprint density at radius 3 is 2.46 bits per heavy atom. The second-order valence-electron chi connectivity index (χ2n) is 11.8. The molecule has 0 spiro atoms. The minimum Gasteiger partial charge on any atom is -0.507 e. The van der Waals surface area contributed by atoms with Crippen molar-refractivity contribution in [1.82, 2.24) is 9.80 Å². The standard InChI is InChI=1S/C30H35N3O8/c1-32(2)23-19-12-17-11-16-10-15-6-5-14(13-33(3)7-8-41-4)9-18(15)24(34)20(16)25(35)21(17)27(37)30(19,40)28(38)22(26(23)36)29(31)39/h5-6,9-10,17,19,21-23,34,40H,7-8,11-13H2,1-4H3,(H2,31,39)/t17-,19-,21?,22?,23-,30-/m0/s1. The third-order valence-corrected chi connectivity index (χ3v) is 9.06. The van der Waals surface area contributed by atoms with E-state index < -0.39 is 64.4 Å². The molecule has 3 aliphatic carbocycles. The van der Waals surface area contributed by atoms with Crippen LogP contribution >= 0.6 is 0 Å². The van der Waals surface area contributed by atoms with E-state index in [1.54, 1.807) is 27.3 Å². The van der Waals surface area contributed by atoms with Gasteiger partial charge in [-0.3, -0.25) is 33.8 Å². The van der Waals surface area contributed by atoms with Crippen molar-refractivity contribution < 1.29 is 38.9 Å². The van der Waals surface area contributed by atoms with Crippen molar-refractivity contribution in [3.63, 3.8) is 0 Å². The number of rotatable bonds is 7. The summed E-state index contributed by atoms with van der Waals surface area (Å²) in [4.78, 5) is 70.1. The summed E-state index contributed by atoms with van der Waals surface area (Å²) in [6.07, 6.45) is 0.256. The van der Waals surface area contributed by atoms with E-state index in [1.807, 2.05) is 25.2 Å². The Bertz CT molecular complexity index is 1490. The molecule has 11 nitrogen and oxygen atoms in total. The fourth-order valence-corrected chi connectivity index (χ4v) is 7.16. The maximum Gasteiger partial charge on any atom is 0.235 e. The average molecular weight is 566 g/mol. The Hall–Kier alpha value is -3.51. The lowest BCUT2D eigenvalue weighted by atomic mass is 9.52. The molecule has 0 bridgehead atoms. The number of nitrogens with zero attached hydrogens (tertiary/aromatic N) is 2. The number of hydrogen-bond acceptors (Lipinski definition) is 10. The van der Waals surface area contributed by atoms with Crippen molar-refractivity contribution in [2.45, 2.75) is 31.0 Å². The topological polar surface area (TPSA) is 168 Å². The van der Waals surface area contributed by atoms with Gasteiger partial charge in [-0.05, 0) is 62.5 Å². The third-order valence-electron chi connectivity index (χ3n) is 9.06. The number of phenolic OH excluding ortho intramolecular Hbond substituents is 1. The molecule has 2 aromatic rings. The molecule has 11 heteroatoms. The molecular formula is C30H35N3O8. The lowest BCUT2D eigenvalue weighted by molar-refractivity contribution is -0.181. The Kier molecular flexibility index (Phi) is 7.35. The number of aromatic hydroxyl groups is 1. The normalized spacial score (nSPS) is 29.6. The van der Waals surface area contributed by atoms with Crippen molar-refractivity contribution in [3.05, 3.63) is 41.0 Å². The maximum absolute atomic E-state index is 14.0. The number of carbonyl (C=O) groups is 5. The number of nitrogens with two attached hydrogens (primary N) is 1. The smallest absolute Gasteiger partial charge is 0.235 e. The van der Waals surface area contributed by atoms with Crippen LogP contribution in [0.2, 0.25) is 0 Å². The van der Waals surface area contributed by atoms with E-state index in [2.05, 4.69) is 4.90 Å². The Balaban J connectivity index is 1.56. The summed E-state index contributed by atoms with van der Waals surface area (Å²) in [5, 5.41) is 24.2. The van der Waals surface area contributed by atoms with Crippen LogP contribution in [0, 0.1) is 23.7 Å². The highest BCUT2D eigenvalue weighted by Crippen LogP contribution is 2.51. The molecule has 0 aromatic heterocycles. The summed E-state index contributed by atoms with van der Waals surface area (Å²) in [5.74, 6) is -10.4. The fourth-order valence-electron chi connectivity index (χ4n) is 7.16. The first-order valence-electron chi connectivity index (χ1n) is 13.6. The summed E-state index contributed by atoms with van der Waals surface area (Å²) < 4.78 is 5.13. The highest BCUT2D eigenvalue weighted by molar-refractivity contribution is 6.32. The van der Waals surface area contributed by atoms with Crippen LogP contribution in [0.4, 0.5) is 0 Å². The molecule has 218 valence electrons. The Morgan fingerprint density at radius 1 is 1.12 bits per heavy atom. The van der Waals surface area contributed by atoms with Gasteiger partial charge in [0.2, 0.25) is 5.91 Å². The van der Waals surface area contributed by atoms with Crippen molar-refractivity contribution in [2.24, 2.45) is 29.4 Å². The van der Waals surface area contributed by atoms with Gasteiger partial charge in [-0.1, -0.05) is 18.2 Å². The molecule has 0 radical (unpaired) electrons. The number of ketones is 4. The molecule has 5 rings (SSSR count). The van der Waals surface area contributed by atoms with Gasteiger partial charge in [0.15, 0.2) is 34.7 Å². The zero-order valence-electron chi connectivity index (χ0n) is 23.5. The van der Waals surface area contributed by atoms with E-state index in [4.69, 9.17) is 10.5 Å². The minimum absolute atomic E-state index is 0.00557. The van der Waals surface area contributed by atoms with Crippen LogP contribution in [-0.2, 0) is 36.9 Å². The number of carbonyl (C=O) groups excluding carboxylic acids is 5. The quantitative estimate of drug-likeness (QED) is 0.392. The number of benzene rings is 2. The van der Waals surface area contributed by atoms with Crippen molar-refractivity contribution in [1.29, 1.82) is 0 Å². The van der Waals surface area contributed by atoms with Crippen LogP contribution in [0.15, 0.2) is 24.3 Å². The molecule has 41 heavy (non-hydrogen) atoms. The summed E-state index contributed by atoms with van der Waals surface area (Å²) in [6.45, 7) is 1.84.